The van der Waals surface area contributed by atoms with Crippen LogP contribution in [0.3, 0.4) is 0 Å². The molecule has 0 aliphatic carbocycles. The molecule has 1 atom stereocenters. The van der Waals surface area contributed by atoms with Crippen LogP contribution < -0.4 is 10.5 Å². The highest BCUT2D eigenvalue weighted by atomic mass is 35.5. The van der Waals surface area contributed by atoms with E-state index >= 15 is 0 Å². The number of hydrogen-bond donors (Lipinski definition) is 1. The van der Waals surface area contributed by atoms with E-state index in [0.29, 0.717) is 6.61 Å². The van der Waals surface area contributed by atoms with Crippen molar-refractivity contribution < 1.29 is 4.74 Å². The topological polar surface area (TPSA) is 35.2 Å². The fourth-order valence-electron chi connectivity index (χ4n) is 2.01. The van der Waals surface area contributed by atoms with Crippen LogP contribution in [0.5, 0.6) is 5.75 Å². The second-order valence-corrected chi connectivity index (χ2v) is 5.27. The molecule has 0 saturated carbocycles. The Balaban J connectivity index is 2.08. The van der Waals surface area contributed by atoms with E-state index in [1.54, 1.807) is 0 Å². The van der Waals surface area contributed by atoms with Gasteiger partial charge in [0.1, 0.15) is 12.4 Å². The van der Waals surface area contributed by atoms with E-state index < -0.39 is 0 Å². The smallest absolute Gasteiger partial charge is 0.123 e. The van der Waals surface area contributed by atoms with Crippen LogP contribution in [0.15, 0.2) is 48.5 Å². The molecule has 106 valence electrons. The molecule has 0 radical (unpaired) electrons. The monoisotopic (exact) mass is 289 g/mol. The lowest BCUT2D eigenvalue weighted by molar-refractivity contribution is 0.302. The highest BCUT2D eigenvalue weighted by Crippen LogP contribution is 2.23. The van der Waals surface area contributed by atoms with Crippen LogP contribution in [-0.4, -0.2) is 6.04 Å². The van der Waals surface area contributed by atoms with Crippen LogP contribution >= 0.6 is 11.6 Å². The molecule has 2 nitrogen and oxygen atoms in total. The van der Waals surface area contributed by atoms with Gasteiger partial charge in [0, 0.05) is 16.6 Å². The molecule has 0 fully saturated rings. The first-order valence-electron chi connectivity index (χ1n) is 6.90. The molecule has 2 aromatic carbocycles. The van der Waals surface area contributed by atoms with Gasteiger partial charge in [-0.3, -0.25) is 0 Å². The maximum absolute atomic E-state index is 6.14. The molecule has 1 unspecified atom stereocenters. The van der Waals surface area contributed by atoms with Crippen LogP contribution in [0.2, 0.25) is 5.02 Å². The van der Waals surface area contributed by atoms with Crippen molar-refractivity contribution in [2.45, 2.75) is 32.4 Å². The first-order valence-corrected chi connectivity index (χ1v) is 7.28. The molecule has 2 aromatic rings. The summed E-state index contributed by atoms with van der Waals surface area (Å²) in [7, 11) is 0. The minimum absolute atomic E-state index is 0.167. The molecule has 2 rings (SSSR count). The molecule has 3 heteroatoms. The largest absolute Gasteiger partial charge is 0.489 e. The quantitative estimate of drug-likeness (QED) is 0.865. The molecule has 2 N–H and O–H groups in total. The standard InChI is InChI=1S/C17H20ClNO/c1-2-15(19)11-13-7-4-6-10-17(13)20-12-14-8-3-5-9-16(14)18/h3-10,15H,2,11-12,19H2,1H3. The number of nitrogens with two attached hydrogens (primary N) is 1. The fraction of sp³-hybridized carbons (Fsp3) is 0.294. The predicted octanol–water partition coefficient (Wildman–Crippen LogP) is 4.20. The van der Waals surface area contributed by atoms with E-state index in [2.05, 4.69) is 13.0 Å². The molecular weight excluding hydrogens is 270 g/mol. The van der Waals surface area contributed by atoms with Gasteiger partial charge in [0.25, 0.3) is 0 Å². The van der Waals surface area contributed by atoms with E-state index in [4.69, 9.17) is 22.1 Å². The Labute approximate surface area is 125 Å². The number of rotatable bonds is 6. The summed E-state index contributed by atoms with van der Waals surface area (Å²) in [6, 6.07) is 15.9. The minimum atomic E-state index is 0.167. The van der Waals surface area contributed by atoms with Gasteiger partial charge in [-0.1, -0.05) is 54.9 Å². The third-order valence-corrected chi connectivity index (χ3v) is 3.69. The van der Waals surface area contributed by atoms with E-state index in [0.717, 1.165) is 34.7 Å². The molecule has 0 aliphatic rings. The highest BCUT2D eigenvalue weighted by Gasteiger charge is 2.08. The maximum atomic E-state index is 6.14. The molecule has 0 bridgehead atoms. The van der Waals surface area contributed by atoms with E-state index in [1.807, 2.05) is 42.5 Å². The minimum Gasteiger partial charge on any atom is -0.489 e. The Morgan fingerprint density at radius 3 is 2.40 bits per heavy atom. The Bertz CT molecular complexity index is 556. The zero-order chi connectivity index (χ0) is 14.4. The van der Waals surface area contributed by atoms with Gasteiger partial charge in [0.2, 0.25) is 0 Å². The van der Waals surface area contributed by atoms with Crippen LogP contribution in [0.1, 0.15) is 24.5 Å². The summed E-state index contributed by atoms with van der Waals surface area (Å²) in [5.41, 5.74) is 8.17. The molecule has 0 amide bonds. The maximum Gasteiger partial charge on any atom is 0.123 e. The Morgan fingerprint density at radius 2 is 1.70 bits per heavy atom. The molecule has 20 heavy (non-hydrogen) atoms. The first kappa shape index (κ1) is 14.9. The summed E-state index contributed by atoms with van der Waals surface area (Å²) < 4.78 is 5.91. The number of ether oxygens (including phenoxy) is 1. The Hall–Kier alpha value is -1.51. The second kappa shape index (κ2) is 7.32. The van der Waals surface area contributed by atoms with E-state index in [9.17, 15) is 0 Å². The van der Waals surface area contributed by atoms with Crippen molar-refractivity contribution in [3.05, 3.63) is 64.7 Å². The van der Waals surface area contributed by atoms with Crippen molar-refractivity contribution in [3.8, 4) is 5.75 Å². The summed E-state index contributed by atoms with van der Waals surface area (Å²) in [6.07, 6.45) is 1.79. The van der Waals surface area contributed by atoms with Gasteiger partial charge in [-0.25, -0.2) is 0 Å². The lowest BCUT2D eigenvalue weighted by Gasteiger charge is -2.14. The summed E-state index contributed by atoms with van der Waals surface area (Å²) >= 11 is 6.14. The third kappa shape index (κ3) is 3.99. The lowest BCUT2D eigenvalue weighted by atomic mass is 10.0. The van der Waals surface area contributed by atoms with Crippen molar-refractivity contribution in [2.24, 2.45) is 5.73 Å². The van der Waals surface area contributed by atoms with Gasteiger partial charge in [-0.05, 0) is 30.5 Å². The summed E-state index contributed by atoms with van der Waals surface area (Å²) in [4.78, 5) is 0. The number of benzene rings is 2. The van der Waals surface area contributed by atoms with E-state index in [1.165, 1.54) is 0 Å². The van der Waals surface area contributed by atoms with Crippen molar-refractivity contribution in [2.75, 3.05) is 0 Å². The average molecular weight is 290 g/mol. The summed E-state index contributed by atoms with van der Waals surface area (Å²) in [6.45, 7) is 2.57. The normalized spacial score (nSPS) is 12.2. The van der Waals surface area contributed by atoms with Gasteiger partial charge in [0.05, 0.1) is 0 Å². The SMILES string of the molecule is CCC(N)Cc1ccccc1OCc1ccccc1Cl. The zero-order valence-corrected chi connectivity index (χ0v) is 12.4. The predicted molar refractivity (Wildman–Crippen MR) is 84.2 cm³/mol. The second-order valence-electron chi connectivity index (χ2n) is 4.86. The highest BCUT2D eigenvalue weighted by molar-refractivity contribution is 6.31. The van der Waals surface area contributed by atoms with Gasteiger partial charge in [0.15, 0.2) is 0 Å². The first-order chi connectivity index (χ1) is 9.70. The molecule has 0 saturated heterocycles. The van der Waals surface area contributed by atoms with Crippen molar-refractivity contribution in [1.82, 2.24) is 0 Å². The van der Waals surface area contributed by atoms with Crippen LogP contribution in [0, 0.1) is 0 Å². The average Bonchev–Trinajstić information content (AvgIpc) is 2.47. The Morgan fingerprint density at radius 1 is 1.05 bits per heavy atom. The van der Waals surface area contributed by atoms with E-state index in [-0.39, 0.29) is 6.04 Å². The van der Waals surface area contributed by atoms with Crippen molar-refractivity contribution in [1.29, 1.82) is 0 Å². The third-order valence-electron chi connectivity index (χ3n) is 3.32. The Kier molecular flexibility index (Phi) is 5.45. The van der Waals surface area contributed by atoms with Crippen LogP contribution in [0.25, 0.3) is 0 Å². The molecule has 0 heterocycles. The van der Waals surface area contributed by atoms with Crippen molar-refractivity contribution in [3.63, 3.8) is 0 Å². The fourth-order valence-corrected chi connectivity index (χ4v) is 2.20. The molecular formula is C17H20ClNO. The number of halogens is 1. The van der Waals surface area contributed by atoms with Gasteiger partial charge >= 0.3 is 0 Å². The number of hydrogen-bond acceptors (Lipinski definition) is 2. The zero-order valence-electron chi connectivity index (χ0n) is 11.7. The summed E-state index contributed by atoms with van der Waals surface area (Å²) in [5.74, 6) is 0.885. The molecule has 0 spiro atoms. The van der Waals surface area contributed by atoms with Crippen LogP contribution in [-0.2, 0) is 13.0 Å². The van der Waals surface area contributed by atoms with Crippen molar-refractivity contribution >= 4 is 11.6 Å². The molecule has 0 aromatic heterocycles. The summed E-state index contributed by atoms with van der Waals surface area (Å²) in [5, 5.41) is 0.732. The van der Waals surface area contributed by atoms with Gasteiger partial charge in [-0.2, -0.15) is 0 Å². The number of para-hydroxylation sites is 1. The molecule has 0 aliphatic heterocycles. The van der Waals surface area contributed by atoms with Gasteiger partial charge < -0.3 is 10.5 Å². The van der Waals surface area contributed by atoms with Crippen LogP contribution in [0.4, 0.5) is 0 Å². The van der Waals surface area contributed by atoms with Gasteiger partial charge in [-0.15, -0.1) is 0 Å². The lowest BCUT2D eigenvalue weighted by Crippen LogP contribution is -2.21.